The lowest BCUT2D eigenvalue weighted by molar-refractivity contribution is -0.126. The molecular weight excluding hydrogens is 333 g/mol. The number of hydrogen-bond donors (Lipinski definition) is 2. The topological polar surface area (TPSA) is 78.5 Å². The van der Waals surface area contributed by atoms with Crippen molar-refractivity contribution in [2.24, 2.45) is 0 Å². The normalized spacial score (nSPS) is 18.1. The molecule has 0 unspecified atom stereocenters. The van der Waals surface area contributed by atoms with E-state index in [1.807, 2.05) is 6.92 Å². The Morgan fingerprint density at radius 1 is 1.33 bits per heavy atom. The molecule has 134 valence electrons. The van der Waals surface area contributed by atoms with E-state index >= 15 is 0 Å². The zero-order valence-electron chi connectivity index (χ0n) is 14.0. The Morgan fingerprint density at radius 2 is 2.00 bits per heavy atom. The summed E-state index contributed by atoms with van der Waals surface area (Å²) in [6, 6.07) is 5.91. The number of anilines is 1. The fraction of sp³-hybridized carbons (Fsp3) is 0.562. The fourth-order valence-electron chi connectivity index (χ4n) is 3.02. The zero-order chi connectivity index (χ0) is 17.8. The predicted octanol–water partition coefficient (Wildman–Crippen LogP) is 1.56. The van der Waals surface area contributed by atoms with E-state index in [2.05, 4.69) is 10.6 Å². The van der Waals surface area contributed by atoms with E-state index < -0.39 is 21.4 Å². The molecule has 1 aromatic carbocycles. The molecule has 8 heteroatoms. The smallest absolute Gasteiger partial charge is 0.245 e. The quantitative estimate of drug-likeness (QED) is 0.810. The van der Waals surface area contributed by atoms with Gasteiger partial charge >= 0.3 is 0 Å². The van der Waals surface area contributed by atoms with Gasteiger partial charge in [0.15, 0.2) is 0 Å². The highest BCUT2D eigenvalue weighted by molar-refractivity contribution is 7.89. The Hall–Kier alpha value is -1.67. The number of benzene rings is 1. The van der Waals surface area contributed by atoms with Gasteiger partial charge in [0.2, 0.25) is 15.9 Å². The van der Waals surface area contributed by atoms with Gasteiger partial charge in [-0.25, -0.2) is 17.1 Å². The third-order valence-corrected chi connectivity index (χ3v) is 6.38. The summed E-state index contributed by atoms with van der Waals surface area (Å²) >= 11 is 0. The molecule has 1 fully saturated rings. The fourth-order valence-corrected chi connectivity index (χ4v) is 4.54. The summed E-state index contributed by atoms with van der Waals surface area (Å²) < 4.78 is 39.2. The number of likely N-dealkylation sites (N-methyl/N-ethyl adjacent to an activating group) is 1. The number of carbonyl (C=O) groups is 1. The highest BCUT2D eigenvalue weighted by Gasteiger charge is 2.43. The second kappa shape index (κ2) is 7.48. The summed E-state index contributed by atoms with van der Waals surface area (Å²) in [5, 5.41) is 5.74. The molecule has 0 radical (unpaired) electrons. The number of sulfonamides is 1. The van der Waals surface area contributed by atoms with Crippen LogP contribution >= 0.6 is 0 Å². The van der Waals surface area contributed by atoms with Gasteiger partial charge in [0.05, 0.1) is 5.75 Å². The molecule has 1 aliphatic heterocycles. The lowest BCUT2D eigenvalue weighted by Gasteiger charge is -2.41. The third kappa shape index (κ3) is 4.05. The Kier molecular flexibility index (Phi) is 5.82. The van der Waals surface area contributed by atoms with E-state index in [0.29, 0.717) is 24.9 Å². The average molecular weight is 357 g/mol. The molecule has 24 heavy (non-hydrogen) atoms. The second-order valence-corrected chi connectivity index (χ2v) is 8.10. The summed E-state index contributed by atoms with van der Waals surface area (Å²) in [6.45, 7) is 2.35. The number of hydrogen-bond acceptors (Lipinski definition) is 4. The van der Waals surface area contributed by atoms with Crippen molar-refractivity contribution in [1.29, 1.82) is 0 Å². The minimum atomic E-state index is -3.28. The van der Waals surface area contributed by atoms with Crippen LogP contribution in [0.5, 0.6) is 0 Å². The molecule has 1 aromatic rings. The van der Waals surface area contributed by atoms with Gasteiger partial charge in [-0.15, -0.1) is 0 Å². The number of carbonyl (C=O) groups excluding carboxylic acids is 1. The van der Waals surface area contributed by atoms with Crippen molar-refractivity contribution in [3.8, 4) is 0 Å². The molecule has 0 spiro atoms. The Labute approximate surface area is 142 Å². The largest absolute Gasteiger partial charge is 0.371 e. The number of halogens is 1. The summed E-state index contributed by atoms with van der Waals surface area (Å²) in [4.78, 5) is 12.4. The van der Waals surface area contributed by atoms with Gasteiger partial charge in [0.1, 0.15) is 11.4 Å². The lowest BCUT2D eigenvalue weighted by Crippen LogP contribution is -2.58. The number of rotatable bonds is 6. The molecule has 1 aliphatic rings. The summed E-state index contributed by atoms with van der Waals surface area (Å²) in [6.07, 6.45) is 1.21. The van der Waals surface area contributed by atoms with Crippen LogP contribution in [0.4, 0.5) is 10.1 Å². The second-order valence-electron chi connectivity index (χ2n) is 6.01. The van der Waals surface area contributed by atoms with Gasteiger partial charge in [0.25, 0.3) is 0 Å². The molecule has 2 rings (SSSR count). The molecular formula is C16H24FN3O3S. The van der Waals surface area contributed by atoms with E-state index in [0.717, 1.165) is 0 Å². The molecule has 0 bridgehead atoms. The van der Waals surface area contributed by atoms with E-state index in [1.54, 1.807) is 12.1 Å². The van der Waals surface area contributed by atoms with Crippen LogP contribution in [0.2, 0.25) is 0 Å². The highest BCUT2D eigenvalue weighted by atomic mass is 32.2. The first-order valence-electron chi connectivity index (χ1n) is 8.07. The predicted molar refractivity (Wildman–Crippen MR) is 91.7 cm³/mol. The van der Waals surface area contributed by atoms with Crippen molar-refractivity contribution < 1.29 is 17.6 Å². The summed E-state index contributed by atoms with van der Waals surface area (Å²) in [5.74, 6) is -0.508. The molecule has 0 aliphatic carbocycles. The molecule has 2 N–H and O–H groups in total. The van der Waals surface area contributed by atoms with Gasteiger partial charge in [-0.1, -0.05) is 13.0 Å². The van der Waals surface area contributed by atoms with Crippen molar-refractivity contribution in [3.05, 3.63) is 30.1 Å². The van der Waals surface area contributed by atoms with Crippen molar-refractivity contribution >= 4 is 21.6 Å². The van der Waals surface area contributed by atoms with E-state index in [-0.39, 0.29) is 24.7 Å². The van der Waals surface area contributed by atoms with Crippen molar-refractivity contribution in [3.63, 3.8) is 0 Å². The molecule has 1 heterocycles. The average Bonchev–Trinajstić information content (AvgIpc) is 2.54. The highest BCUT2D eigenvalue weighted by Crippen LogP contribution is 2.29. The number of piperidine rings is 1. The maximum Gasteiger partial charge on any atom is 0.245 e. The maximum atomic E-state index is 13.4. The third-order valence-electron chi connectivity index (χ3n) is 4.30. The minimum Gasteiger partial charge on any atom is -0.371 e. The maximum absolute atomic E-state index is 13.4. The number of amides is 1. The van der Waals surface area contributed by atoms with E-state index in [9.17, 15) is 17.6 Å². The molecule has 0 saturated carbocycles. The van der Waals surface area contributed by atoms with Crippen LogP contribution in [-0.2, 0) is 14.8 Å². The van der Waals surface area contributed by atoms with Crippen LogP contribution in [0.25, 0.3) is 0 Å². The van der Waals surface area contributed by atoms with E-state index in [4.69, 9.17) is 0 Å². The Balaban J connectivity index is 2.18. The van der Waals surface area contributed by atoms with Crippen molar-refractivity contribution in [1.82, 2.24) is 9.62 Å². The van der Waals surface area contributed by atoms with Crippen LogP contribution < -0.4 is 10.6 Å². The van der Waals surface area contributed by atoms with Crippen LogP contribution in [-0.4, -0.2) is 50.1 Å². The molecule has 6 nitrogen and oxygen atoms in total. The van der Waals surface area contributed by atoms with Crippen LogP contribution in [0.15, 0.2) is 24.3 Å². The van der Waals surface area contributed by atoms with Gasteiger partial charge in [-0.2, -0.15) is 0 Å². The first kappa shape index (κ1) is 18.7. The van der Waals surface area contributed by atoms with Gasteiger partial charge in [0, 0.05) is 25.8 Å². The molecule has 0 aromatic heterocycles. The van der Waals surface area contributed by atoms with Gasteiger partial charge in [-0.05, 0) is 37.5 Å². The standard InChI is InChI=1S/C16H24FN3O3S/c1-3-11-24(22,23)20-9-7-16(8-10-20,15(21)18-2)19-14-6-4-5-13(17)12-14/h4-6,12,19H,3,7-11H2,1-2H3,(H,18,21). The molecule has 1 saturated heterocycles. The van der Waals surface area contributed by atoms with Crippen LogP contribution in [0.1, 0.15) is 26.2 Å². The minimum absolute atomic E-state index is 0.108. The summed E-state index contributed by atoms with van der Waals surface area (Å²) in [7, 11) is -1.74. The first-order chi connectivity index (χ1) is 11.3. The van der Waals surface area contributed by atoms with Crippen LogP contribution in [0, 0.1) is 5.82 Å². The zero-order valence-corrected chi connectivity index (χ0v) is 14.8. The Bertz CT molecular complexity index is 686. The molecule has 0 atom stereocenters. The number of nitrogens with one attached hydrogen (secondary N) is 2. The van der Waals surface area contributed by atoms with E-state index in [1.165, 1.54) is 23.5 Å². The number of nitrogens with zero attached hydrogens (tertiary/aromatic N) is 1. The first-order valence-corrected chi connectivity index (χ1v) is 9.67. The van der Waals surface area contributed by atoms with Crippen molar-refractivity contribution in [2.45, 2.75) is 31.7 Å². The van der Waals surface area contributed by atoms with Crippen LogP contribution in [0.3, 0.4) is 0 Å². The molecule has 1 amide bonds. The SMILES string of the molecule is CCCS(=O)(=O)N1CCC(Nc2cccc(F)c2)(C(=O)NC)CC1. The monoisotopic (exact) mass is 357 g/mol. The Morgan fingerprint density at radius 3 is 2.54 bits per heavy atom. The van der Waals surface area contributed by atoms with Gasteiger partial charge < -0.3 is 10.6 Å². The lowest BCUT2D eigenvalue weighted by atomic mass is 9.87. The summed E-state index contributed by atoms with van der Waals surface area (Å²) in [5.41, 5.74) is -0.440. The van der Waals surface area contributed by atoms with Crippen molar-refractivity contribution in [2.75, 3.05) is 31.2 Å². The van der Waals surface area contributed by atoms with Gasteiger partial charge in [-0.3, -0.25) is 4.79 Å².